The molecule has 0 aliphatic rings. The monoisotopic (exact) mass is 106 g/mol. The van der Waals surface area contributed by atoms with Crippen LogP contribution in [0, 0.1) is 12.3 Å². The van der Waals surface area contributed by atoms with Gasteiger partial charge in [-0.1, -0.05) is 24.1 Å². The van der Waals surface area contributed by atoms with Gasteiger partial charge in [-0.05, 0) is 19.4 Å². The molecule has 0 aromatic rings. The Kier molecular flexibility index (Phi) is 3.70. The molecule has 0 aromatic heterocycles. The molecule has 0 nitrogen and oxygen atoms in total. The maximum Gasteiger partial charge on any atom is -0.00136 e. The number of hydrogen-bond acceptors (Lipinski definition) is 0. The quantitative estimate of drug-likeness (QED) is 0.355. The molecule has 0 saturated heterocycles. The summed E-state index contributed by atoms with van der Waals surface area (Å²) in [6, 6.07) is 0. The molecule has 0 bridgehead atoms. The van der Waals surface area contributed by atoms with E-state index >= 15 is 0 Å². The number of rotatable bonds is 1. The van der Waals surface area contributed by atoms with E-state index in [1.54, 1.807) is 0 Å². The van der Waals surface area contributed by atoms with Gasteiger partial charge < -0.3 is 0 Å². The summed E-state index contributed by atoms with van der Waals surface area (Å²) in [4.78, 5) is 0. The molecule has 0 N–H and O–H groups in total. The van der Waals surface area contributed by atoms with E-state index in [-0.39, 0.29) is 0 Å². The molecule has 8 heavy (non-hydrogen) atoms. The molecule has 0 heterocycles. The molecule has 42 valence electrons. The van der Waals surface area contributed by atoms with Gasteiger partial charge in [0.15, 0.2) is 0 Å². The van der Waals surface area contributed by atoms with E-state index in [0.29, 0.717) is 0 Å². The molecule has 0 amide bonds. The topological polar surface area (TPSA) is 0 Å². The lowest BCUT2D eigenvalue weighted by Crippen LogP contribution is -1.61. The minimum Gasteiger partial charge on any atom is -0.115 e. The van der Waals surface area contributed by atoms with Crippen LogP contribution < -0.4 is 0 Å². The van der Waals surface area contributed by atoms with Gasteiger partial charge in [0, 0.05) is 0 Å². The van der Waals surface area contributed by atoms with Crippen LogP contribution in [-0.2, 0) is 0 Å². The Hall–Kier alpha value is -0.960. The minimum absolute atomic E-state index is 0.961. The summed E-state index contributed by atoms with van der Waals surface area (Å²) in [5.74, 6) is 2.51. The highest BCUT2D eigenvalue weighted by molar-refractivity contribution is 5.26. The van der Waals surface area contributed by atoms with Gasteiger partial charge in [0.25, 0.3) is 0 Å². The zero-order chi connectivity index (χ0) is 6.41. The SMILES string of the molecule is C#C/C(C)=C\C=C\C. The lowest BCUT2D eigenvalue weighted by molar-refractivity contribution is 1.57. The van der Waals surface area contributed by atoms with Crippen molar-refractivity contribution in [1.82, 2.24) is 0 Å². The highest BCUT2D eigenvalue weighted by Crippen LogP contribution is 1.87. The highest BCUT2D eigenvalue weighted by atomic mass is 13.8. The van der Waals surface area contributed by atoms with Gasteiger partial charge in [0.2, 0.25) is 0 Å². The third kappa shape index (κ3) is 3.24. The molecule has 0 heteroatoms. The summed E-state index contributed by atoms with van der Waals surface area (Å²) in [5.41, 5.74) is 0.961. The number of hydrogen-bond donors (Lipinski definition) is 0. The molecule has 0 atom stereocenters. The van der Waals surface area contributed by atoms with Crippen LogP contribution in [0.25, 0.3) is 0 Å². The Balaban J connectivity index is 3.81. The molecule has 0 spiro atoms. The van der Waals surface area contributed by atoms with Crippen molar-refractivity contribution in [3.8, 4) is 12.3 Å². The first-order valence-electron chi connectivity index (χ1n) is 2.57. The van der Waals surface area contributed by atoms with Gasteiger partial charge in [-0.15, -0.1) is 6.42 Å². The summed E-state index contributed by atoms with van der Waals surface area (Å²) in [7, 11) is 0. The molecule has 0 unspecified atom stereocenters. The lowest BCUT2D eigenvalue weighted by Gasteiger charge is -1.78. The van der Waals surface area contributed by atoms with Crippen LogP contribution in [0.15, 0.2) is 23.8 Å². The lowest BCUT2D eigenvalue weighted by atomic mass is 10.3. The van der Waals surface area contributed by atoms with E-state index in [1.807, 2.05) is 32.1 Å². The number of terminal acetylenes is 1. The van der Waals surface area contributed by atoms with E-state index in [1.165, 1.54) is 0 Å². The van der Waals surface area contributed by atoms with Crippen molar-refractivity contribution >= 4 is 0 Å². The maximum atomic E-state index is 5.06. The van der Waals surface area contributed by atoms with Crippen molar-refractivity contribution in [2.24, 2.45) is 0 Å². The zero-order valence-electron chi connectivity index (χ0n) is 5.31. The summed E-state index contributed by atoms with van der Waals surface area (Å²) in [5, 5.41) is 0. The second-order valence-electron chi connectivity index (χ2n) is 1.52. The molecule has 0 fully saturated rings. The van der Waals surface area contributed by atoms with Crippen molar-refractivity contribution in [1.29, 1.82) is 0 Å². The average Bonchev–Trinajstić information content (AvgIpc) is 1.83. The van der Waals surface area contributed by atoms with Crippen LogP contribution in [0.4, 0.5) is 0 Å². The Morgan fingerprint density at radius 3 is 2.62 bits per heavy atom. The van der Waals surface area contributed by atoms with Crippen LogP contribution >= 0.6 is 0 Å². The highest BCUT2D eigenvalue weighted by Gasteiger charge is 1.70. The zero-order valence-corrected chi connectivity index (χ0v) is 5.31. The second kappa shape index (κ2) is 4.21. The van der Waals surface area contributed by atoms with Crippen LogP contribution in [0.1, 0.15) is 13.8 Å². The van der Waals surface area contributed by atoms with Crippen molar-refractivity contribution in [2.75, 3.05) is 0 Å². The Morgan fingerprint density at radius 2 is 2.25 bits per heavy atom. The predicted octanol–water partition coefficient (Wildman–Crippen LogP) is 2.14. The van der Waals surface area contributed by atoms with Crippen molar-refractivity contribution < 1.29 is 0 Å². The van der Waals surface area contributed by atoms with Gasteiger partial charge in [-0.25, -0.2) is 0 Å². The molecular formula is C8H10. The fourth-order valence-corrected chi connectivity index (χ4v) is 0.289. The van der Waals surface area contributed by atoms with Crippen LogP contribution in [0.5, 0.6) is 0 Å². The van der Waals surface area contributed by atoms with E-state index < -0.39 is 0 Å². The Morgan fingerprint density at radius 1 is 1.62 bits per heavy atom. The average molecular weight is 106 g/mol. The fraction of sp³-hybridized carbons (Fsp3) is 0.250. The first kappa shape index (κ1) is 7.04. The first-order chi connectivity index (χ1) is 3.81. The standard InChI is InChI=1S/C8H10/c1-4-6-7-8(3)5-2/h2,4,6-7H,1,3H3/b6-4+,8-7-. The van der Waals surface area contributed by atoms with Gasteiger partial charge >= 0.3 is 0 Å². The van der Waals surface area contributed by atoms with Crippen molar-refractivity contribution in [3.63, 3.8) is 0 Å². The molecular weight excluding hydrogens is 96.1 g/mol. The van der Waals surface area contributed by atoms with Gasteiger partial charge in [0.1, 0.15) is 0 Å². The third-order valence-corrected chi connectivity index (χ3v) is 0.766. The van der Waals surface area contributed by atoms with Crippen LogP contribution in [0.3, 0.4) is 0 Å². The maximum absolute atomic E-state index is 5.06. The molecule has 0 radical (unpaired) electrons. The van der Waals surface area contributed by atoms with E-state index in [9.17, 15) is 0 Å². The number of allylic oxidation sites excluding steroid dienone is 4. The largest absolute Gasteiger partial charge is 0.115 e. The molecule has 0 aliphatic carbocycles. The van der Waals surface area contributed by atoms with Gasteiger partial charge in [-0.3, -0.25) is 0 Å². The molecule has 0 saturated carbocycles. The summed E-state index contributed by atoms with van der Waals surface area (Å²) < 4.78 is 0. The molecule has 0 aromatic carbocycles. The Labute approximate surface area is 50.9 Å². The van der Waals surface area contributed by atoms with E-state index in [2.05, 4.69) is 5.92 Å². The molecule has 0 rings (SSSR count). The first-order valence-corrected chi connectivity index (χ1v) is 2.57. The minimum atomic E-state index is 0.961. The van der Waals surface area contributed by atoms with Crippen LogP contribution in [-0.4, -0.2) is 0 Å². The van der Waals surface area contributed by atoms with E-state index in [0.717, 1.165) is 5.57 Å². The predicted molar refractivity (Wildman–Crippen MR) is 37.4 cm³/mol. The van der Waals surface area contributed by atoms with Crippen LogP contribution in [0.2, 0.25) is 0 Å². The molecule has 0 aliphatic heterocycles. The summed E-state index contributed by atoms with van der Waals surface area (Å²) >= 11 is 0. The van der Waals surface area contributed by atoms with Gasteiger partial charge in [-0.2, -0.15) is 0 Å². The fourth-order valence-electron chi connectivity index (χ4n) is 0.289. The summed E-state index contributed by atoms with van der Waals surface area (Å²) in [6.07, 6.45) is 10.8. The smallest absolute Gasteiger partial charge is 0.00136 e. The second-order valence-corrected chi connectivity index (χ2v) is 1.52. The van der Waals surface area contributed by atoms with Crippen molar-refractivity contribution in [2.45, 2.75) is 13.8 Å². The van der Waals surface area contributed by atoms with Gasteiger partial charge in [0.05, 0.1) is 0 Å². The van der Waals surface area contributed by atoms with Crippen molar-refractivity contribution in [3.05, 3.63) is 23.8 Å². The third-order valence-electron chi connectivity index (χ3n) is 0.766. The Bertz CT molecular complexity index is 142. The van der Waals surface area contributed by atoms with E-state index in [4.69, 9.17) is 6.42 Å². The normalized spacial score (nSPS) is 11.9. The summed E-state index contributed by atoms with van der Waals surface area (Å²) in [6.45, 7) is 3.86.